The Kier molecular flexibility index (Phi) is 5.44. The third kappa shape index (κ3) is 3.81. The highest BCUT2D eigenvalue weighted by molar-refractivity contribution is 5.97. The molecule has 3 amide bonds. The molecule has 7 nitrogen and oxygen atoms in total. The average molecular weight is 359 g/mol. The number of carboxylic acids is 1. The van der Waals surface area contributed by atoms with Crippen LogP contribution in [0.4, 0.5) is 16.2 Å². The molecule has 3 rings (SSSR count). The van der Waals surface area contributed by atoms with Crippen LogP contribution in [0.1, 0.15) is 38.2 Å². The Morgan fingerprint density at radius 3 is 2.62 bits per heavy atom. The number of fused-ring (bicyclic) bond motifs is 1. The first-order valence-corrected chi connectivity index (χ1v) is 9.21. The zero-order chi connectivity index (χ0) is 18.7. The number of carbonyl (C=O) groups is 3. The zero-order valence-electron chi connectivity index (χ0n) is 15.0. The molecule has 1 fully saturated rings. The molecule has 1 aromatic carbocycles. The monoisotopic (exact) mass is 359 g/mol. The molecule has 2 aliphatic rings. The lowest BCUT2D eigenvalue weighted by Gasteiger charge is -2.31. The summed E-state index contributed by atoms with van der Waals surface area (Å²) in [7, 11) is 0. The van der Waals surface area contributed by atoms with Crippen LogP contribution in [0, 0.1) is 5.92 Å². The number of carbonyl (C=O) groups excluding carboxylic acids is 2. The molecule has 2 aliphatic heterocycles. The number of hydrogen-bond acceptors (Lipinski definition) is 3. The van der Waals surface area contributed by atoms with Crippen molar-refractivity contribution in [3.63, 3.8) is 0 Å². The molecule has 0 spiro atoms. The lowest BCUT2D eigenvalue weighted by molar-refractivity contribution is -0.143. The maximum Gasteiger partial charge on any atom is 0.321 e. The number of nitrogens with one attached hydrogen (secondary N) is 1. The molecule has 0 radical (unpaired) electrons. The maximum absolute atomic E-state index is 12.4. The fourth-order valence-corrected chi connectivity index (χ4v) is 3.64. The van der Waals surface area contributed by atoms with Crippen LogP contribution in [0.15, 0.2) is 18.2 Å². The number of rotatable bonds is 4. The summed E-state index contributed by atoms with van der Waals surface area (Å²) in [4.78, 5) is 39.0. The van der Waals surface area contributed by atoms with Gasteiger partial charge in [0.15, 0.2) is 0 Å². The van der Waals surface area contributed by atoms with E-state index < -0.39 is 5.97 Å². The second kappa shape index (κ2) is 7.76. The van der Waals surface area contributed by atoms with Gasteiger partial charge < -0.3 is 20.2 Å². The molecule has 2 heterocycles. The van der Waals surface area contributed by atoms with Crippen LogP contribution in [0.25, 0.3) is 0 Å². The minimum atomic E-state index is -0.786. The molecule has 0 saturated carbocycles. The summed E-state index contributed by atoms with van der Waals surface area (Å²) in [5.41, 5.74) is 2.71. The van der Waals surface area contributed by atoms with Gasteiger partial charge >= 0.3 is 12.0 Å². The molecule has 140 valence electrons. The quantitative estimate of drug-likeness (QED) is 0.865. The highest BCUT2D eigenvalue weighted by atomic mass is 16.4. The number of nitrogens with zero attached hydrogens (tertiary/aromatic N) is 2. The van der Waals surface area contributed by atoms with Gasteiger partial charge in [-0.25, -0.2) is 4.79 Å². The summed E-state index contributed by atoms with van der Waals surface area (Å²) in [5.74, 6) is -0.992. The molecule has 0 aromatic heterocycles. The van der Waals surface area contributed by atoms with E-state index in [0.717, 1.165) is 17.7 Å². The third-order valence-corrected chi connectivity index (χ3v) is 5.11. The van der Waals surface area contributed by atoms with Crippen molar-refractivity contribution in [2.45, 2.75) is 39.0 Å². The number of amides is 3. The molecular weight excluding hydrogens is 334 g/mol. The van der Waals surface area contributed by atoms with E-state index in [4.69, 9.17) is 5.11 Å². The molecule has 7 heteroatoms. The minimum Gasteiger partial charge on any atom is -0.481 e. The van der Waals surface area contributed by atoms with Crippen LogP contribution in [0.5, 0.6) is 0 Å². The summed E-state index contributed by atoms with van der Waals surface area (Å²) >= 11 is 0. The van der Waals surface area contributed by atoms with E-state index in [2.05, 4.69) is 5.32 Å². The summed E-state index contributed by atoms with van der Waals surface area (Å²) < 4.78 is 0. The summed E-state index contributed by atoms with van der Waals surface area (Å²) in [6.45, 7) is 3.65. The number of urea groups is 1. The predicted octanol–water partition coefficient (Wildman–Crippen LogP) is 2.70. The van der Waals surface area contributed by atoms with Crippen molar-refractivity contribution in [2.75, 3.05) is 29.9 Å². The number of aryl methyl sites for hydroxylation is 1. The topological polar surface area (TPSA) is 90.0 Å². The summed E-state index contributed by atoms with van der Waals surface area (Å²) in [6, 6.07) is 5.45. The molecule has 0 bridgehead atoms. The van der Waals surface area contributed by atoms with Crippen LogP contribution in [0.2, 0.25) is 0 Å². The zero-order valence-corrected chi connectivity index (χ0v) is 15.0. The largest absolute Gasteiger partial charge is 0.481 e. The van der Waals surface area contributed by atoms with Crippen molar-refractivity contribution in [3.8, 4) is 0 Å². The molecule has 0 unspecified atom stereocenters. The van der Waals surface area contributed by atoms with Crippen LogP contribution >= 0.6 is 0 Å². The van der Waals surface area contributed by atoms with Crippen LogP contribution in [-0.4, -0.2) is 47.5 Å². The van der Waals surface area contributed by atoms with Crippen LogP contribution in [0.3, 0.4) is 0 Å². The molecule has 0 atom stereocenters. The van der Waals surface area contributed by atoms with Gasteiger partial charge in [-0.2, -0.15) is 0 Å². The number of piperidine rings is 1. The fraction of sp³-hybridized carbons (Fsp3) is 0.526. The van der Waals surface area contributed by atoms with Gasteiger partial charge in [-0.1, -0.05) is 6.92 Å². The van der Waals surface area contributed by atoms with Crippen molar-refractivity contribution in [3.05, 3.63) is 23.8 Å². The Bertz CT molecular complexity index is 711. The van der Waals surface area contributed by atoms with E-state index in [9.17, 15) is 14.4 Å². The molecule has 0 aliphatic carbocycles. The number of benzene rings is 1. The Labute approximate surface area is 153 Å². The number of carboxylic acid groups (broad SMARTS) is 1. The maximum atomic E-state index is 12.4. The first kappa shape index (κ1) is 18.2. The first-order valence-electron chi connectivity index (χ1n) is 9.21. The van der Waals surface area contributed by atoms with Crippen molar-refractivity contribution >= 4 is 29.3 Å². The van der Waals surface area contributed by atoms with Gasteiger partial charge in [-0.15, -0.1) is 0 Å². The van der Waals surface area contributed by atoms with Crippen molar-refractivity contribution in [1.29, 1.82) is 0 Å². The number of likely N-dealkylation sites (tertiary alicyclic amines) is 1. The highest BCUT2D eigenvalue weighted by Crippen LogP contribution is 2.30. The van der Waals surface area contributed by atoms with Gasteiger partial charge in [-0.05, 0) is 49.4 Å². The summed E-state index contributed by atoms with van der Waals surface area (Å²) in [5, 5.41) is 11.9. The Morgan fingerprint density at radius 1 is 1.23 bits per heavy atom. The van der Waals surface area contributed by atoms with E-state index in [1.165, 1.54) is 0 Å². The van der Waals surface area contributed by atoms with Gasteiger partial charge in [0.2, 0.25) is 5.91 Å². The number of anilines is 2. The smallest absolute Gasteiger partial charge is 0.321 e. The van der Waals surface area contributed by atoms with E-state index in [0.29, 0.717) is 51.0 Å². The summed E-state index contributed by atoms with van der Waals surface area (Å²) in [6.07, 6.45) is 3.05. The highest BCUT2D eigenvalue weighted by Gasteiger charge is 2.27. The van der Waals surface area contributed by atoms with Crippen molar-refractivity contribution in [2.24, 2.45) is 5.92 Å². The predicted molar refractivity (Wildman–Crippen MR) is 98.4 cm³/mol. The third-order valence-electron chi connectivity index (χ3n) is 5.11. The van der Waals surface area contributed by atoms with Gasteiger partial charge in [-0.3, -0.25) is 9.59 Å². The standard InChI is InChI=1S/C19H25N3O4/c1-2-9-22-16-5-4-15(12-14(16)3-6-17(22)23)20-19(26)21-10-7-13(8-11-21)18(24)25/h4-5,12-13H,2-3,6-11H2,1H3,(H,20,26)(H,24,25). The van der Waals surface area contributed by atoms with E-state index in [1.54, 1.807) is 4.90 Å². The average Bonchev–Trinajstić information content (AvgIpc) is 2.64. The van der Waals surface area contributed by atoms with Gasteiger partial charge in [0.25, 0.3) is 0 Å². The Hall–Kier alpha value is -2.57. The van der Waals surface area contributed by atoms with Crippen molar-refractivity contribution in [1.82, 2.24) is 4.90 Å². The Morgan fingerprint density at radius 2 is 1.96 bits per heavy atom. The molecule has 26 heavy (non-hydrogen) atoms. The number of aliphatic carboxylic acids is 1. The van der Waals surface area contributed by atoms with Gasteiger partial charge in [0.05, 0.1) is 5.92 Å². The van der Waals surface area contributed by atoms with Gasteiger partial charge in [0.1, 0.15) is 0 Å². The van der Waals surface area contributed by atoms with Crippen LogP contribution < -0.4 is 10.2 Å². The van der Waals surface area contributed by atoms with E-state index in [-0.39, 0.29) is 17.9 Å². The molecule has 1 saturated heterocycles. The molecule has 2 N–H and O–H groups in total. The molecule has 1 aromatic rings. The fourth-order valence-electron chi connectivity index (χ4n) is 3.64. The normalized spacial score (nSPS) is 17.8. The second-order valence-corrected chi connectivity index (χ2v) is 6.92. The Balaban J connectivity index is 1.65. The molecular formula is C19H25N3O4. The van der Waals surface area contributed by atoms with Crippen molar-refractivity contribution < 1.29 is 19.5 Å². The van der Waals surface area contributed by atoms with E-state index >= 15 is 0 Å². The number of hydrogen-bond donors (Lipinski definition) is 2. The van der Waals surface area contributed by atoms with Gasteiger partial charge in [0, 0.05) is 37.4 Å². The lowest BCUT2D eigenvalue weighted by atomic mass is 9.97. The lowest BCUT2D eigenvalue weighted by Crippen LogP contribution is -2.42. The first-order chi connectivity index (χ1) is 12.5. The minimum absolute atomic E-state index is 0.150. The SMILES string of the molecule is CCCN1C(=O)CCc2cc(NC(=O)N3CCC(C(=O)O)CC3)ccc21. The van der Waals surface area contributed by atoms with E-state index in [1.807, 2.05) is 30.0 Å². The second-order valence-electron chi connectivity index (χ2n) is 6.92. The van der Waals surface area contributed by atoms with Crippen LogP contribution in [-0.2, 0) is 16.0 Å².